The molecule has 1 atom stereocenters. The fourth-order valence-electron chi connectivity index (χ4n) is 1.35. The number of rotatable bonds is 4. The third-order valence-electron chi connectivity index (χ3n) is 2.12. The van der Waals surface area contributed by atoms with Crippen LogP contribution in [0.25, 0.3) is 0 Å². The summed E-state index contributed by atoms with van der Waals surface area (Å²) < 4.78 is 5.77. The molecule has 0 aliphatic heterocycles. The molecule has 0 aromatic carbocycles. The van der Waals surface area contributed by atoms with Crippen molar-refractivity contribution < 1.29 is 9.22 Å². The number of ketones is 1. The van der Waals surface area contributed by atoms with Crippen molar-refractivity contribution in [1.29, 1.82) is 0 Å². The second kappa shape index (κ2) is 4.23. The molecular weight excluding hydrogens is 192 g/mol. The summed E-state index contributed by atoms with van der Waals surface area (Å²) in [6.07, 6.45) is 5.87. The summed E-state index contributed by atoms with van der Waals surface area (Å²) in [4.78, 5) is 11.2. The van der Waals surface area contributed by atoms with Gasteiger partial charge in [0.25, 0.3) is 0 Å². The molecule has 0 heterocycles. The Morgan fingerprint density at radius 2 is 2.14 bits per heavy atom. The van der Waals surface area contributed by atoms with Gasteiger partial charge in [-0.25, -0.2) is 0 Å². The molecule has 0 saturated heterocycles. The minimum atomic E-state index is -1.47. The molecule has 1 aliphatic carbocycles. The third-order valence-corrected chi connectivity index (χ3v) is 3.13. The summed E-state index contributed by atoms with van der Waals surface area (Å²) in [6, 6.07) is 0. The molecule has 2 nitrogen and oxygen atoms in total. The Hall–Kier alpha value is -0.673. The lowest BCUT2D eigenvalue weighted by Crippen LogP contribution is -2.27. The maximum Gasteiger partial charge on any atom is 0.184 e. The summed E-state index contributed by atoms with van der Waals surface area (Å²) in [5.41, 5.74) is 1.10. The van der Waals surface area contributed by atoms with Crippen molar-refractivity contribution in [1.82, 2.24) is 0 Å². The molecule has 0 N–H and O–H groups in total. The lowest BCUT2D eigenvalue weighted by atomic mass is 10.00. The van der Waals surface area contributed by atoms with Gasteiger partial charge in [0.05, 0.1) is 12.5 Å². The first-order chi connectivity index (χ1) is 6.40. The van der Waals surface area contributed by atoms with Crippen LogP contribution < -0.4 is 0 Å². The molecule has 14 heavy (non-hydrogen) atoms. The molecule has 78 valence electrons. The summed E-state index contributed by atoms with van der Waals surface area (Å²) in [7, 11) is -1.47. The van der Waals surface area contributed by atoms with Crippen molar-refractivity contribution in [2.45, 2.75) is 26.6 Å². The Kier molecular flexibility index (Phi) is 3.45. The van der Waals surface area contributed by atoms with Crippen molar-refractivity contribution >= 4 is 14.1 Å². The lowest BCUT2D eigenvalue weighted by molar-refractivity contribution is -0.118. The van der Waals surface area contributed by atoms with E-state index in [-0.39, 0.29) is 11.7 Å². The fraction of sp³-hybridized carbons (Fsp3) is 0.545. The minimum Gasteiger partial charge on any atom is -0.414 e. The zero-order chi connectivity index (χ0) is 10.8. The highest BCUT2D eigenvalue weighted by atomic mass is 28.4. The van der Waals surface area contributed by atoms with Gasteiger partial charge in [0, 0.05) is 0 Å². The first kappa shape index (κ1) is 11.4. The van der Waals surface area contributed by atoms with Crippen LogP contribution >= 0.6 is 0 Å². The molecule has 1 rings (SSSR count). The highest BCUT2D eigenvalue weighted by molar-refractivity contribution is 6.69. The number of hydrogen-bond donors (Lipinski definition) is 0. The monoisotopic (exact) mass is 210 g/mol. The first-order valence-electron chi connectivity index (χ1n) is 4.92. The van der Waals surface area contributed by atoms with Gasteiger partial charge in [0.2, 0.25) is 0 Å². The summed E-state index contributed by atoms with van der Waals surface area (Å²) >= 11 is 0. The van der Waals surface area contributed by atoms with Gasteiger partial charge in [-0.05, 0) is 32.1 Å². The molecule has 0 amide bonds. The Morgan fingerprint density at radius 3 is 2.64 bits per heavy atom. The predicted octanol–water partition coefficient (Wildman–Crippen LogP) is 2.54. The molecule has 0 spiro atoms. The highest BCUT2D eigenvalue weighted by Gasteiger charge is 2.22. The molecule has 0 aromatic rings. The second-order valence-electron chi connectivity index (χ2n) is 4.62. The Balaban J connectivity index is 2.51. The van der Waals surface area contributed by atoms with E-state index in [0.29, 0.717) is 6.61 Å². The van der Waals surface area contributed by atoms with Crippen LogP contribution in [0.5, 0.6) is 0 Å². The van der Waals surface area contributed by atoms with Crippen LogP contribution in [0.2, 0.25) is 19.6 Å². The minimum absolute atomic E-state index is 0.0358. The number of carbonyl (C=O) groups excluding carboxylic acids is 1. The van der Waals surface area contributed by atoms with E-state index in [2.05, 4.69) is 19.6 Å². The summed E-state index contributed by atoms with van der Waals surface area (Å²) in [6.45, 7) is 8.69. The van der Waals surface area contributed by atoms with Crippen LogP contribution in [-0.4, -0.2) is 20.7 Å². The lowest BCUT2D eigenvalue weighted by Gasteiger charge is -2.19. The molecule has 1 aliphatic rings. The van der Waals surface area contributed by atoms with E-state index < -0.39 is 8.32 Å². The molecular formula is C11H18O2Si. The summed E-state index contributed by atoms with van der Waals surface area (Å²) in [5, 5.41) is 0. The van der Waals surface area contributed by atoms with Crippen molar-refractivity contribution in [3.63, 3.8) is 0 Å². The number of allylic oxidation sites excluding steroid dienone is 3. The molecule has 0 saturated carbocycles. The Morgan fingerprint density at radius 1 is 1.50 bits per heavy atom. The van der Waals surface area contributed by atoms with Gasteiger partial charge in [0.15, 0.2) is 8.32 Å². The van der Waals surface area contributed by atoms with Crippen LogP contribution in [0.3, 0.4) is 0 Å². The smallest absolute Gasteiger partial charge is 0.184 e. The van der Waals surface area contributed by atoms with Gasteiger partial charge in [0.1, 0.15) is 5.78 Å². The molecule has 0 radical (unpaired) electrons. The van der Waals surface area contributed by atoms with E-state index in [4.69, 9.17) is 4.43 Å². The fourth-order valence-corrected chi connectivity index (χ4v) is 1.95. The Bertz CT molecular complexity index is 284. The van der Waals surface area contributed by atoms with E-state index in [0.717, 1.165) is 5.57 Å². The summed E-state index contributed by atoms with van der Waals surface area (Å²) in [5.74, 6) is 0.163. The predicted molar refractivity (Wildman–Crippen MR) is 60.7 cm³/mol. The molecule has 1 unspecified atom stereocenters. The molecule has 0 aromatic heterocycles. The van der Waals surface area contributed by atoms with Crippen LogP contribution in [-0.2, 0) is 9.22 Å². The number of Topliss-reactive ketones (excluding diaryl/α,β-unsaturated/α-hetero) is 1. The number of hydrogen-bond acceptors (Lipinski definition) is 2. The third kappa shape index (κ3) is 3.23. The van der Waals surface area contributed by atoms with Crippen LogP contribution in [0, 0.1) is 5.92 Å². The zero-order valence-electron chi connectivity index (χ0n) is 9.33. The van der Waals surface area contributed by atoms with Crippen LogP contribution in [0.4, 0.5) is 0 Å². The second-order valence-corrected chi connectivity index (χ2v) is 9.13. The van der Waals surface area contributed by atoms with Gasteiger partial charge in [-0.15, -0.1) is 0 Å². The van der Waals surface area contributed by atoms with Crippen molar-refractivity contribution in [3.8, 4) is 0 Å². The quantitative estimate of drug-likeness (QED) is 0.667. The maximum atomic E-state index is 11.2. The molecule has 3 heteroatoms. The largest absolute Gasteiger partial charge is 0.414 e. The van der Waals surface area contributed by atoms with E-state index >= 15 is 0 Å². The van der Waals surface area contributed by atoms with Gasteiger partial charge in [-0.3, -0.25) is 4.79 Å². The maximum absolute atomic E-state index is 11.2. The van der Waals surface area contributed by atoms with Crippen molar-refractivity contribution in [2.24, 2.45) is 5.92 Å². The van der Waals surface area contributed by atoms with E-state index in [1.54, 1.807) is 6.92 Å². The average molecular weight is 210 g/mol. The van der Waals surface area contributed by atoms with Gasteiger partial charge in [-0.1, -0.05) is 18.2 Å². The Labute approximate surface area is 86.8 Å². The highest BCUT2D eigenvalue weighted by Crippen LogP contribution is 2.21. The number of carbonyl (C=O) groups is 1. The SMILES string of the molecule is CC(=O)C1C=CC=C1CO[Si](C)(C)C. The topological polar surface area (TPSA) is 26.3 Å². The van der Waals surface area contributed by atoms with E-state index in [1.807, 2.05) is 18.2 Å². The molecule has 0 fully saturated rings. The standard InChI is InChI=1S/C11H18O2Si/c1-9(12)11-7-5-6-10(11)8-13-14(2,3)4/h5-7,11H,8H2,1-4H3. The zero-order valence-corrected chi connectivity index (χ0v) is 10.3. The van der Waals surface area contributed by atoms with Gasteiger partial charge < -0.3 is 4.43 Å². The van der Waals surface area contributed by atoms with Crippen LogP contribution in [0.15, 0.2) is 23.8 Å². The average Bonchev–Trinajstić information content (AvgIpc) is 2.46. The van der Waals surface area contributed by atoms with E-state index in [9.17, 15) is 4.79 Å². The van der Waals surface area contributed by atoms with Crippen molar-refractivity contribution in [3.05, 3.63) is 23.8 Å². The van der Waals surface area contributed by atoms with Crippen LogP contribution in [0.1, 0.15) is 6.92 Å². The molecule has 0 bridgehead atoms. The van der Waals surface area contributed by atoms with E-state index in [1.165, 1.54) is 0 Å². The normalized spacial score (nSPS) is 21.1. The van der Waals surface area contributed by atoms with Gasteiger partial charge in [-0.2, -0.15) is 0 Å². The first-order valence-corrected chi connectivity index (χ1v) is 8.32. The van der Waals surface area contributed by atoms with Gasteiger partial charge >= 0.3 is 0 Å². The van der Waals surface area contributed by atoms with Crippen molar-refractivity contribution in [2.75, 3.05) is 6.61 Å².